The number of nitrogens with zero attached hydrogens (tertiary/aromatic N) is 1. The van der Waals surface area contributed by atoms with Crippen LogP contribution in [0.5, 0.6) is 0 Å². The minimum absolute atomic E-state index is 0.291. The largest absolute Gasteiger partial charge is 0.259 e. The van der Waals surface area contributed by atoms with E-state index < -0.39 is 20.8 Å². The number of halogens is 1. The molecule has 0 saturated carbocycles. The number of hydrogen-bond acceptors (Lipinski definition) is 3. The van der Waals surface area contributed by atoms with E-state index in [0.29, 0.717) is 40.9 Å². The van der Waals surface area contributed by atoms with E-state index in [1.54, 1.807) is 19.1 Å². The van der Waals surface area contributed by atoms with Crippen LogP contribution in [0.3, 0.4) is 0 Å². The zero-order valence-corrected chi connectivity index (χ0v) is 13.0. The summed E-state index contributed by atoms with van der Waals surface area (Å²) >= 11 is 5.81. The highest BCUT2D eigenvalue weighted by molar-refractivity contribution is 7.89. The molecular formula is C12H16ClNO3S2. The van der Waals surface area contributed by atoms with E-state index in [0.717, 1.165) is 5.56 Å². The maximum Gasteiger partial charge on any atom is 0.243 e. The molecule has 1 saturated heterocycles. The van der Waals surface area contributed by atoms with Crippen LogP contribution in [-0.2, 0) is 26.7 Å². The molecule has 0 N–H and O–H groups in total. The Balaban J connectivity index is 2.37. The van der Waals surface area contributed by atoms with Crippen molar-refractivity contribution in [3.63, 3.8) is 0 Å². The van der Waals surface area contributed by atoms with Crippen molar-refractivity contribution in [2.24, 2.45) is 0 Å². The van der Waals surface area contributed by atoms with E-state index in [4.69, 9.17) is 11.6 Å². The lowest BCUT2D eigenvalue weighted by Crippen LogP contribution is -2.41. The van der Waals surface area contributed by atoms with E-state index in [2.05, 4.69) is 0 Å². The van der Waals surface area contributed by atoms with Gasteiger partial charge in [-0.1, -0.05) is 12.1 Å². The van der Waals surface area contributed by atoms with Gasteiger partial charge < -0.3 is 0 Å². The molecule has 0 bridgehead atoms. The highest BCUT2D eigenvalue weighted by Crippen LogP contribution is 2.24. The summed E-state index contributed by atoms with van der Waals surface area (Å²) in [5.41, 5.74) is 1.52. The van der Waals surface area contributed by atoms with Gasteiger partial charge in [0.05, 0.1) is 4.90 Å². The highest BCUT2D eigenvalue weighted by atomic mass is 35.5. The Morgan fingerprint density at radius 2 is 1.95 bits per heavy atom. The summed E-state index contributed by atoms with van der Waals surface area (Å²) in [6, 6.07) is 5.14. The summed E-state index contributed by atoms with van der Waals surface area (Å²) in [5, 5.41) is 0. The van der Waals surface area contributed by atoms with Crippen LogP contribution in [0.4, 0.5) is 0 Å². The molecule has 19 heavy (non-hydrogen) atoms. The summed E-state index contributed by atoms with van der Waals surface area (Å²) in [6.07, 6.45) is 0. The lowest BCUT2D eigenvalue weighted by Gasteiger charge is -2.26. The van der Waals surface area contributed by atoms with Crippen LogP contribution in [0.15, 0.2) is 23.1 Å². The van der Waals surface area contributed by atoms with Crippen molar-refractivity contribution in [1.82, 2.24) is 4.31 Å². The van der Waals surface area contributed by atoms with Crippen LogP contribution in [0.25, 0.3) is 0 Å². The fourth-order valence-corrected chi connectivity index (χ4v) is 5.37. The molecule has 1 aromatic carbocycles. The van der Waals surface area contributed by atoms with Crippen molar-refractivity contribution in [2.45, 2.75) is 17.7 Å². The summed E-state index contributed by atoms with van der Waals surface area (Å²) in [4.78, 5) is 0.304. The number of rotatable bonds is 3. The molecule has 0 radical (unpaired) electrons. The zero-order chi connectivity index (χ0) is 14.0. The molecule has 2 rings (SSSR count). The minimum Gasteiger partial charge on any atom is -0.259 e. The Labute approximate surface area is 121 Å². The molecule has 0 atom stereocenters. The highest BCUT2D eigenvalue weighted by Gasteiger charge is 2.29. The maximum atomic E-state index is 12.6. The first-order chi connectivity index (χ1) is 8.96. The van der Waals surface area contributed by atoms with Crippen LogP contribution in [0.1, 0.15) is 11.1 Å². The van der Waals surface area contributed by atoms with Crippen molar-refractivity contribution in [1.29, 1.82) is 0 Å². The van der Waals surface area contributed by atoms with Crippen molar-refractivity contribution < 1.29 is 12.6 Å². The van der Waals surface area contributed by atoms with Crippen LogP contribution in [0, 0.1) is 6.92 Å². The van der Waals surface area contributed by atoms with E-state index in [-0.39, 0.29) is 0 Å². The van der Waals surface area contributed by atoms with Gasteiger partial charge in [-0.25, -0.2) is 8.42 Å². The standard InChI is InChI=1S/C12H16ClNO3S2/c1-10-11(9-13)3-2-4-12(10)19(16,17)14-5-7-18(15)8-6-14/h2-4H,5-9H2,1H3. The lowest BCUT2D eigenvalue weighted by molar-refractivity contribution is 0.438. The minimum atomic E-state index is -3.51. The van der Waals surface area contributed by atoms with Crippen molar-refractivity contribution in [2.75, 3.05) is 24.6 Å². The van der Waals surface area contributed by atoms with Gasteiger partial charge in [-0.05, 0) is 24.1 Å². The van der Waals surface area contributed by atoms with Gasteiger partial charge >= 0.3 is 0 Å². The van der Waals surface area contributed by atoms with Crippen LogP contribution >= 0.6 is 11.6 Å². The van der Waals surface area contributed by atoms with Gasteiger partial charge in [0.15, 0.2) is 0 Å². The predicted octanol–water partition coefficient (Wildman–Crippen LogP) is 1.49. The van der Waals surface area contributed by atoms with Crippen molar-refractivity contribution >= 4 is 32.4 Å². The van der Waals surface area contributed by atoms with E-state index in [9.17, 15) is 12.6 Å². The fraction of sp³-hybridized carbons (Fsp3) is 0.500. The third-order valence-electron chi connectivity index (χ3n) is 3.29. The molecule has 1 aromatic rings. The molecule has 0 amide bonds. The third kappa shape index (κ3) is 3.02. The van der Waals surface area contributed by atoms with Gasteiger partial charge in [0.1, 0.15) is 0 Å². The SMILES string of the molecule is Cc1c(CCl)cccc1S(=O)(=O)N1CCS(=O)CC1. The first-order valence-electron chi connectivity index (χ1n) is 5.96. The van der Waals surface area contributed by atoms with Gasteiger partial charge in [0, 0.05) is 41.3 Å². The van der Waals surface area contributed by atoms with Gasteiger partial charge in [0.2, 0.25) is 10.0 Å². The van der Waals surface area contributed by atoms with Crippen LogP contribution in [0.2, 0.25) is 0 Å². The molecule has 106 valence electrons. The van der Waals surface area contributed by atoms with Gasteiger partial charge in [-0.15, -0.1) is 11.6 Å². The average Bonchev–Trinajstić information content (AvgIpc) is 2.39. The number of sulfonamides is 1. The smallest absolute Gasteiger partial charge is 0.243 e. The summed E-state index contributed by atoms with van der Waals surface area (Å²) in [5.74, 6) is 1.11. The van der Waals surface area contributed by atoms with Crippen molar-refractivity contribution in [3.05, 3.63) is 29.3 Å². The number of benzene rings is 1. The third-order valence-corrected chi connectivity index (χ3v) is 6.90. The Morgan fingerprint density at radius 3 is 2.53 bits per heavy atom. The topological polar surface area (TPSA) is 54.5 Å². The number of alkyl halides is 1. The summed E-state index contributed by atoms with van der Waals surface area (Å²) < 4.78 is 37.9. The molecule has 0 aromatic heterocycles. The normalized spacial score (nSPS) is 18.6. The molecule has 1 aliphatic heterocycles. The second-order valence-corrected chi connectivity index (χ2v) is 8.30. The van der Waals surface area contributed by atoms with Gasteiger partial charge in [-0.2, -0.15) is 4.31 Å². The molecule has 0 aliphatic carbocycles. The Hall–Kier alpha value is -0.430. The summed E-state index contributed by atoms with van der Waals surface area (Å²) in [6.45, 7) is 2.41. The maximum absolute atomic E-state index is 12.6. The first-order valence-corrected chi connectivity index (χ1v) is 9.42. The summed E-state index contributed by atoms with van der Waals surface area (Å²) in [7, 11) is -4.40. The van der Waals surface area contributed by atoms with E-state index in [1.807, 2.05) is 6.07 Å². The lowest BCUT2D eigenvalue weighted by atomic mass is 10.1. The predicted molar refractivity (Wildman–Crippen MR) is 77.4 cm³/mol. The second kappa shape index (κ2) is 5.91. The second-order valence-electron chi connectivity index (χ2n) is 4.43. The average molecular weight is 322 g/mol. The fourth-order valence-electron chi connectivity index (χ4n) is 2.08. The first kappa shape index (κ1) is 15.0. The molecule has 1 aliphatic rings. The van der Waals surface area contributed by atoms with Crippen LogP contribution in [-0.4, -0.2) is 41.5 Å². The van der Waals surface area contributed by atoms with Crippen LogP contribution < -0.4 is 0 Å². The van der Waals surface area contributed by atoms with Crippen molar-refractivity contribution in [3.8, 4) is 0 Å². The van der Waals surface area contributed by atoms with E-state index >= 15 is 0 Å². The molecule has 0 unspecified atom stereocenters. The molecule has 1 fully saturated rings. The van der Waals surface area contributed by atoms with Gasteiger partial charge in [0.25, 0.3) is 0 Å². The molecule has 0 spiro atoms. The monoisotopic (exact) mass is 321 g/mol. The molecule has 1 heterocycles. The molecule has 4 nitrogen and oxygen atoms in total. The quantitative estimate of drug-likeness (QED) is 0.793. The molecular weight excluding hydrogens is 306 g/mol. The Bertz CT molecular complexity index is 591. The van der Waals surface area contributed by atoms with E-state index in [1.165, 1.54) is 4.31 Å². The molecule has 7 heteroatoms. The Kier molecular flexibility index (Phi) is 4.66. The Morgan fingerprint density at radius 1 is 1.32 bits per heavy atom. The number of hydrogen-bond donors (Lipinski definition) is 0. The zero-order valence-electron chi connectivity index (χ0n) is 10.6. The van der Waals surface area contributed by atoms with Gasteiger partial charge in [-0.3, -0.25) is 4.21 Å².